The lowest BCUT2D eigenvalue weighted by atomic mass is 10.2. The third kappa shape index (κ3) is 3.90. The second kappa shape index (κ2) is 5.50. The molecule has 0 saturated carbocycles. The molecule has 0 aliphatic heterocycles. The predicted octanol–water partition coefficient (Wildman–Crippen LogP) is 1.06. The van der Waals surface area contributed by atoms with Crippen molar-refractivity contribution >= 4 is 16.2 Å². The van der Waals surface area contributed by atoms with Gasteiger partial charge < -0.3 is 5.11 Å². The van der Waals surface area contributed by atoms with Crippen LogP contribution in [0.4, 0.5) is 0 Å². The van der Waals surface area contributed by atoms with Gasteiger partial charge in [-0.25, -0.2) is 13.2 Å². The fraction of sp³-hybridized carbons (Fsp3) is 0.300. The predicted molar refractivity (Wildman–Crippen MR) is 62.9 cm³/mol. The summed E-state index contributed by atoms with van der Waals surface area (Å²) in [5.74, 6) is 0.0893. The number of aromatic hydroxyl groups is 1. The fourth-order valence-corrected chi connectivity index (χ4v) is 1.93. The van der Waals surface area contributed by atoms with Gasteiger partial charge in [0.05, 0.1) is 12.0 Å². The Morgan fingerprint density at radius 3 is 2.75 bits per heavy atom. The number of hydrogen-bond acceptors (Lipinski definition) is 4. The largest absolute Gasteiger partial charge is 0.507 e. The van der Waals surface area contributed by atoms with Crippen LogP contribution < -0.4 is 4.83 Å². The summed E-state index contributed by atoms with van der Waals surface area (Å²) in [4.78, 5) is 2.07. The first kappa shape index (κ1) is 12.5. The minimum Gasteiger partial charge on any atom is -0.507 e. The maximum absolute atomic E-state index is 11.2. The average molecular weight is 242 g/mol. The molecule has 1 rings (SSSR count). The highest BCUT2D eigenvalue weighted by Gasteiger charge is 2.05. The van der Waals surface area contributed by atoms with E-state index in [9.17, 15) is 13.5 Å². The molecule has 0 fully saturated rings. The van der Waals surface area contributed by atoms with E-state index in [4.69, 9.17) is 0 Å². The molecule has 0 spiro atoms. The Bertz CT molecular complexity index is 469. The van der Waals surface area contributed by atoms with Crippen LogP contribution in [0.2, 0.25) is 0 Å². The average Bonchev–Trinajstić information content (AvgIpc) is 2.20. The van der Waals surface area contributed by atoms with Crippen LogP contribution in [-0.4, -0.2) is 25.5 Å². The first-order chi connectivity index (χ1) is 7.55. The summed E-state index contributed by atoms with van der Waals surface area (Å²) in [6.07, 6.45) is 1.80. The Morgan fingerprint density at radius 1 is 1.44 bits per heavy atom. The van der Waals surface area contributed by atoms with Crippen LogP contribution in [0.5, 0.6) is 5.75 Å². The van der Waals surface area contributed by atoms with Crippen molar-refractivity contribution in [3.05, 3.63) is 29.8 Å². The summed E-state index contributed by atoms with van der Waals surface area (Å²) in [5.41, 5.74) is 0.460. The smallest absolute Gasteiger partial charge is 0.247 e. The van der Waals surface area contributed by atoms with E-state index in [1.54, 1.807) is 25.1 Å². The normalized spacial score (nSPS) is 11.8. The molecule has 0 amide bonds. The Morgan fingerprint density at radius 2 is 2.12 bits per heavy atom. The Hall–Kier alpha value is -1.56. The molecule has 0 atom stereocenters. The maximum atomic E-state index is 11.2. The summed E-state index contributed by atoms with van der Waals surface area (Å²) in [7, 11) is -3.34. The van der Waals surface area contributed by atoms with Crippen LogP contribution in [0.15, 0.2) is 29.4 Å². The van der Waals surface area contributed by atoms with Gasteiger partial charge in [0.15, 0.2) is 0 Å². The van der Waals surface area contributed by atoms with Gasteiger partial charge in [-0.2, -0.15) is 5.10 Å². The summed E-state index contributed by atoms with van der Waals surface area (Å²) >= 11 is 0. The first-order valence-corrected chi connectivity index (χ1v) is 6.51. The van der Waals surface area contributed by atoms with Gasteiger partial charge in [-0.05, 0) is 18.6 Å². The third-order valence-electron chi connectivity index (χ3n) is 1.81. The number of phenolic OH excluding ortho intramolecular Hbond substituents is 1. The van der Waals surface area contributed by atoms with Gasteiger partial charge in [0.25, 0.3) is 0 Å². The lowest BCUT2D eigenvalue weighted by Gasteiger charge is -2.00. The molecule has 6 heteroatoms. The molecule has 1 aromatic rings. The molecule has 2 N–H and O–H groups in total. The molecule has 0 saturated heterocycles. The molecule has 0 aliphatic rings. The van der Waals surface area contributed by atoms with E-state index in [0.29, 0.717) is 12.0 Å². The number of nitrogens with one attached hydrogen (secondary N) is 1. The lowest BCUT2D eigenvalue weighted by Crippen LogP contribution is -2.21. The monoisotopic (exact) mass is 242 g/mol. The Balaban J connectivity index is 2.66. The Kier molecular flexibility index (Phi) is 4.30. The second-order valence-electron chi connectivity index (χ2n) is 3.23. The number of para-hydroxylation sites is 1. The third-order valence-corrected chi connectivity index (χ3v) is 3.13. The van der Waals surface area contributed by atoms with Gasteiger partial charge in [0, 0.05) is 5.56 Å². The minimum atomic E-state index is -3.34. The standard InChI is InChI=1S/C10H14N2O3S/c1-2-7-16(14,15)12-11-8-9-5-3-4-6-10(9)13/h3-6,8,12-13H,2,7H2,1H3/b11-8-. The van der Waals surface area contributed by atoms with Crippen molar-refractivity contribution in [3.63, 3.8) is 0 Å². The van der Waals surface area contributed by atoms with Crippen LogP contribution in [0.1, 0.15) is 18.9 Å². The van der Waals surface area contributed by atoms with Crippen molar-refractivity contribution in [1.82, 2.24) is 4.83 Å². The molecular weight excluding hydrogens is 228 g/mol. The molecule has 16 heavy (non-hydrogen) atoms. The van der Waals surface area contributed by atoms with E-state index in [1.807, 2.05) is 0 Å². The van der Waals surface area contributed by atoms with Crippen LogP contribution in [0, 0.1) is 0 Å². The molecule has 0 bridgehead atoms. The van der Waals surface area contributed by atoms with Crippen molar-refractivity contribution in [2.45, 2.75) is 13.3 Å². The lowest BCUT2D eigenvalue weighted by molar-refractivity contribution is 0.474. The maximum Gasteiger partial charge on any atom is 0.247 e. The molecular formula is C10H14N2O3S. The molecule has 0 radical (unpaired) electrons. The molecule has 88 valence electrons. The molecule has 0 aliphatic carbocycles. The van der Waals surface area contributed by atoms with E-state index in [1.165, 1.54) is 12.3 Å². The van der Waals surface area contributed by atoms with Gasteiger partial charge in [-0.1, -0.05) is 19.1 Å². The summed E-state index contributed by atoms with van der Waals surface area (Å²) in [6.45, 7) is 1.77. The van der Waals surface area contributed by atoms with Crippen LogP contribution in [-0.2, 0) is 10.0 Å². The zero-order valence-electron chi connectivity index (χ0n) is 8.92. The van der Waals surface area contributed by atoms with Gasteiger partial charge in [0.2, 0.25) is 10.0 Å². The van der Waals surface area contributed by atoms with Crippen LogP contribution in [0.25, 0.3) is 0 Å². The van der Waals surface area contributed by atoms with Gasteiger partial charge in [-0.3, -0.25) is 0 Å². The highest BCUT2D eigenvalue weighted by molar-refractivity contribution is 7.89. The Labute approximate surface area is 94.9 Å². The molecule has 0 aromatic heterocycles. The van der Waals surface area contributed by atoms with E-state index < -0.39 is 10.0 Å². The quantitative estimate of drug-likeness (QED) is 0.598. The highest BCUT2D eigenvalue weighted by Crippen LogP contribution is 2.12. The van der Waals surface area contributed by atoms with E-state index >= 15 is 0 Å². The number of hydrogen-bond donors (Lipinski definition) is 2. The van der Waals surface area contributed by atoms with Gasteiger partial charge in [0.1, 0.15) is 5.75 Å². The number of nitrogens with zero attached hydrogens (tertiary/aromatic N) is 1. The fourth-order valence-electron chi connectivity index (χ4n) is 1.09. The van der Waals surface area contributed by atoms with Crippen molar-refractivity contribution in [1.29, 1.82) is 0 Å². The van der Waals surface area contributed by atoms with Crippen molar-refractivity contribution in [3.8, 4) is 5.75 Å². The van der Waals surface area contributed by atoms with E-state index in [0.717, 1.165) is 0 Å². The summed E-state index contributed by atoms with van der Waals surface area (Å²) in [5, 5.41) is 12.9. The number of sulfonamides is 1. The number of phenols is 1. The van der Waals surface area contributed by atoms with Gasteiger partial charge in [-0.15, -0.1) is 0 Å². The van der Waals surface area contributed by atoms with Crippen molar-refractivity contribution in [2.75, 3.05) is 5.75 Å². The summed E-state index contributed by atoms with van der Waals surface area (Å²) < 4.78 is 22.4. The van der Waals surface area contributed by atoms with E-state index in [2.05, 4.69) is 9.93 Å². The zero-order valence-corrected chi connectivity index (χ0v) is 9.74. The highest BCUT2D eigenvalue weighted by atomic mass is 32.2. The van der Waals surface area contributed by atoms with Crippen LogP contribution in [0.3, 0.4) is 0 Å². The van der Waals surface area contributed by atoms with Gasteiger partial charge >= 0.3 is 0 Å². The SMILES string of the molecule is CCCS(=O)(=O)N/N=C\c1ccccc1O. The number of hydrazone groups is 1. The minimum absolute atomic E-state index is 0.0328. The molecule has 0 heterocycles. The molecule has 0 unspecified atom stereocenters. The summed E-state index contributed by atoms with van der Waals surface area (Å²) in [6, 6.07) is 6.53. The van der Waals surface area contributed by atoms with E-state index in [-0.39, 0.29) is 11.5 Å². The first-order valence-electron chi connectivity index (χ1n) is 4.85. The van der Waals surface area contributed by atoms with Crippen molar-refractivity contribution < 1.29 is 13.5 Å². The second-order valence-corrected chi connectivity index (χ2v) is 5.05. The van der Waals surface area contributed by atoms with Crippen molar-refractivity contribution in [2.24, 2.45) is 5.10 Å². The number of rotatable bonds is 5. The zero-order chi connectivity index (χ0) is 12.0. The van der Waals surface area contributed by atoms with Crippen LogP contribution >= 0.6 is 0 Å². The molecule has 5 nitrogen and oxygen atoms in total. The molecule has 1 aromatic carbocycles. The topological polar surface area (TPSA) is 78.8 Å². The number of benzene rings is 1.